The minimum Gasteiger partial charge on any atom is -0.364 e. The van der Waals surface area contributed by atoms with Gasteiger partial charge in [-0.1, -0.05) is 0 Å². The minimum atomic E-state index is -0.359. The van der Waals surface area contributed by atoms with E-state index in [1.807, 2.05) is 4.90 Å². The number of carbonyl (C=O) groups excluding carboxylic acids is 2. The lowest BCUT2D eigenvalue weighted by Gasteiger charge is -2.33. The second-order valence-electron chi connectivity index (χ2n) is 6.87. The van der Waals surface area contributed by atoms with Crippen LogP contribution in [0, 0.1) is 11.8 Å². The topological polar surface area (TPSA) is 84.7 Å². The Labute approximate surface area is 131 Å². The van der Waals surface area contributed by atoms with Crippen LogP contribution in [0.2, 0.25) is 0 Å². The highest BCUT2D eigenvalue weighted by Gasteiger charge is 2.36. The van der Waals surface area contributed by atoms with Crippen LogP contribution >= 0.6 is 0 Å². The molecule has 6 nitrogen and oxygen atoms in total. The summed E-state index contributed by atoms with van der Waals surface area (Å²) >= 11 is 0. The molecule has 0 spiro atoms. The predicted molar refractivity (Wildman–Crippen MR) is 82.0 cm³/mol. The van der Waals surface area contributed by atoms with Gasteiger partial charge in [0.25, 0.3) is 5.91 Å². The van der Waals surface area contributed by atoms with E-state index in [0.717, 1.165) is 38.8 Å². The maximum atomic E-state index is 12.5. The fourth-order valence-corrected chi connectivity index (χ4v) is 3.37. The first-order valence-electron chi connectivity index (χ1n) is 8.59. The van der Waals surface area contributed by atoms with Crippen molar-refractivity contribution in [2.45, 2.75) is 50.7 Å². The Kier molecular flexibility index (Phi) is 4.98. The number of nitrogens with one attached hydrogen (secondary N) is 1. The Morgan fingerprint density at radius 1 is 1.18 bits per heavy atom. The zero-order valence-electron chi connectivity index (χ0n) is 13.1. The number of carbonyl (C=O) groups is 2. The quantitative estimate of drug-likeness (QED) is 0.763. The molecule has 0 aromatic rings. The van der Waals surface area contributed by atoms with Gasteiger partial charge in [0.05, 0.1) is 12.0 Å². The van der Waals surface area contributed by atoms with Crippen molar-refractivity contribution in [1.82, 2.24) is 10.2 Å². The maximum absolute atomic E-state index is 12.5. The van der Waals surface area contributed by atoms with Crippen molar-refractivity contribution >= 4 is 11.8 Å². The monoisotopic (exact) mass is 309 g/mol. The van der Waals surface area contributed by atoms with Gasteiger partial charge < -0.3 is 20.7 Å². The van der Waals surface area contributed by atoms with E-state index >= 15 is 0 Å². The minimum absolute atomic E-state index is 0.0105. The third-order valence-corrected chi connectivity index (χ3v) is 5.01. The van der Waals surface area contributed by atoms with Gasteiger partial charge in [-0.3, -0.25) is 9.59 Å². The summed E-state index contributed by atoms with van der Waals surface area (Å²) in [5, 5.41) is 3.03. The number of nitrogens with zero attached hydrogens (tertiary/aromatic N) is 1. The Balaban J connectivity index is 1.49. The molecule has 3 aliphatic rings. The van der Waals surface area contributed by atoms with Crippen molar-refractivity contribution in [3.05, 3.63) is 0 Å². The number of hydrogen-bond acceptors (Lipinski definition) is 4. The Morgan fingerprint density at radius 2 is 2.00 bits per heavy atom. The van der Waals surface area contributed by atoms with E-state index in [9.17, 15) is 9.59 Å². The summed E-state index contributed by atoms with van der Waals surface area (Å²) in [4.78, 5) is 26.6. The fourth-order valence-electron chi connectivity index (χ4n) is 3.37. The van der Waals surface area contributed by atoms with Crippen LogP contribution in [-0.4, -0.2) is 55.1 Å². The third-order valence-electron chi connectivity index (χ3n) is 5.01. The molecule has 2 saturated heterocycles. The van der Waals surface area contributed by atoms with Crippen molar-refractivity contribution in [3.8, 4) is 0 Å². The van der Waals surface area contributed by atoms with E-state index in [0.29, 0.717) is 19.0 Å². The van der Waals surface area contributed by atoms with E-state index < -0.39 is 0 Å². The molecule has 6 heteroatoms. The molecule has 0 aromatic heterocycles. The lowest BCUT2D eigenvalue weighted by Crippen LogP contribution is -2.48. The molecule has 3 fully saturated rings. The number of likely N-dealkylation sites (tertiary alicyclic amines) is 1. The highest BCUT2D eigenvalue weighted by molar-refractivity contribution is 5.83. The summed E-state index contributed by atoms with van der Waals surface area (Å²) in [5.41, 5.74) is 5.60. The van der Waals surface area contributed by atoms with Crippen LogP contribution in [0.4, 0.5) is 0 Å². The van der Waals surface area contributed by atoms with Crippen molar-refractivity contribution in [1.29, 1.82) is 0 Å². The molecule has 3 rings (SSSR count). The molecule has 3 N–H and O–H groups in total. The normalized spacial score (nSPS) is 32.0. The maximum Gasteiger partial charge on any atom is 0.251 e. The number of nitrogens with two attached hydrogens (primary N) is 1. The van der Waals surface area contributed by atoms with Crippen LogP contribution in [0.25, 0.3) is 0 Å². The van der Waals surface area contributed by atoms with Gasteiger partial charge in [-0.05, 0) is 44.4 Å². The summed E-state index contributed by atoms with van der Waals surface area (Å²) < 4.78 is 5.69. The van der Waals surface area contributed by atoms with Gasteiger partial charge in [0.1, 0.15) is 6.10 Å². The largest absolute Gasteiger partial charge is 0.364 e. The molecular weight excluding hydrogens is 282 g/mol. The van der Waals surface area contributed by atoms with E-state index in [1.54, 1.807) is 0 Å². The van der Waals surface area contributed by atoms with Gasteiger partial charge in [0, 0.05) is 26.2 Å². The summed E-state index contributed by atoms with van der Waals surface area (Å²) in [6.45, 7) is 2.53. The van der Waals surface area contributed by atoms with Crippen LogP contribution in [0.15, 0.2) is 0 Å². The molecule has 0 radical (unpaired) electrons. The standard InChI is InChI=1S/C16H27N3O3/c17-8-13-5-6-14(22-13)16(21)19-7-1-2-12(10-19)15(20)18-9-11-3-4-11/h11-14H,1-10,17H2,(H,18,20)/t12?,13-,14+/m1/s1. The second kappa shape index (κ2) is 6.96. The van der Waals surface area contributed by atoms with Gasteiger partial charge in [0.2, 0.25) is 5.91 Å². The summed E-state index contributed by atoms with van der Waals surface area (Å²) in [7, 11) is 0. The van der Waals surface area contributed by atoms with Crippen LogP contribution in [-0.2, 0) is 14.3 Å². The lowest BCUT2D eigenvalue weighted by molar-refractivity contribution is -0.145. The molecule has 1 unspecified atom stereocenters. The van der Waals surface area contributed by atoms with Crippen LogP contribution < -0.4 is 11.1 Å². The van der Waals surface area contributed by atoms with E-state index in [-0.39, 0.29) is 29.9 Å². The number of hydrogen-bond donors (Lipinski definition) is 2. The summed E-state index contributed by atoms with van der Waals surface area (Å²) in [5.74, 6) is 0.765. The van der Waals surface area contributed by atoms with Gasteiger partial charge in [-0.2, -0.15) is 0 Å². The number of amides is 2. The van der Waals surface area contributed by atoms with Crippen LogP contribution in [0.1, 0.15) is 38.5 Å². The molecule has 0 aromatic carbocycles. The molecule has 3 atom stereocenters. The molecule has 0 bridgehead atoms. The third kappa shape index (κ3) is 3.79. The van der Waals surface area contributed by atoms with Gasteiger partial charge in [-0.25, -0.2) is 0 Å². The molecule has 2 heterocycles. The Morgan fingerprint density at radius 3 is 2.68 bits per heavy atom. The highest BCUT2D eigenvalue weighted by atomic mass is 16.5. The first-order chi connectivity index (χ1) is 10.7. The zero-order valence-corrected chi connectivity index (χ0v) is 13.1. The molecule has 2 amide bonds. The second-order valence-corrected chi connectivity index (χ2v) is 6.87. The highest BCUT2D eigenvalue weighted by Crippen LogP contribution is 2.28. The van der Waals surface area contributed by atoms with E-state index in [2.05, 4.69) is 5.32 Å². The smallest absolute Gasteiger partial charge is 0.251 e. The number of rotatable bonds is 5. The molecule has 22 heavy (non-hydrogen) atoms. The molecular formula is C16H27N3O3. The van der Waals surface area contributed by atoms with Crippen molar-refractivity contribution in [2.75, 3.05) is 26.2 Å². The van der Waals surface area contributed by atoms with Gasteiger partial charge in [0.15, 0.2) is 0 Å². The predicted octanol–water partition coefficient (Wildman–Crippen LogP) is 0.258. The average Bonchev–Trinajstić information content (AvgIpc) is 3.26. The van der Waals surface area contributed by atoms with Crippen LogP contribution in [0.3, 0.4) is 0 Å². The average molecular weight is 309 g/mol. The fraction of sp³-hybridized carbons (Fsp3) is 0.875. The first kappa shape index (κ1) is 15.7. The van der Waals surface area contributed by atoms with Gasteiger partial charge in [-0.15, -0.1) is 0 Å². The summed E-state index contributed by atoms with van der Waals surface area (Å²) in [6, 6.07) is 0. The van der Waals surface area contributed by atoms with E-state index in [1.165, 1.54) is 12.8 Å². The van der Waals surface area contributed by atoms with Crippen molar-refractivity contribution < 1.29 is 14.3 Å². The zero-order chi connectivity index (χ0) is 15.5. The molecule has 2 aliphatic heterocycles. The van der Waals surface area contributed by atoms with E-state index in [4.69, 9.17) is 10.5 Å². The summed E-state index contributed by atoms with van der Waals surface area (Å²) in [6.07, 6.45) is 5.48. The first-order valence-corrected chi connectivity index (χ1v) is 8.59. The molecule has 1 saturated carbocycles. The number of piperidine rings is 1. The Bertz CT molecular complexity index is 425. The lowest BCUT2D eigenvalue weighted by atomic mass is 9.96. The number of ether oxygens (including phenoxy) is 1. The van der Waals surface area contributed by atoms with Crippen molar-refractivity contribution in [2.24, 2.45) is 17.6 Å². The van der Waals surface area contributed by atoms with Crippen LogP contribution in [0.5, 0.6) is 0 Å². The SMILES string of the molecule is NC[C@H]1CC[C@@H](C(=O)N2CCCC(C(=O)NCC3CC3)C2)O1. The Hall–Kier alpha value is -1.14. The molecule has 124 valence electrons. The van der Waals surface area contributed by atoms with Gasteiger partial charge >= 0.3 is 0 Å². The molecule has 1 aliphatic carbocycles. The van der Waals surface area contributed by atoms with Crippen molar-refractivity contribution in [3.63, 3.8) is 0 Å².